The Hall–Kier alpha value is -4.17. The van der Waals surface area contributed by atoms with Gasteiger partial charge in [0.2, 0.25) is 0 Å². The Kier molecular flexibility index (Phi) is 8.06. The summed E-state index contributed by atoms with van der Waals surface area (Å²) in [4.78, 5) is 26.3. The molecule has 2 amide bonds. The minimum Gasteiger partial charge on any atom is -0.391 e. The number of aryl methyl sites for hydroxylation is 1. The van der Waals surface area contributed by atoms with E-state index in [-0.39, 0.29) is 5.82 Å². The third kappa shape index (κ3) is 6.12. The van der Waals surface area contributed by atoms with E-state index in [1.54, 1.807) is 19.2 Å². The van der Waals surface area contributed by atoms with Gasteiger partial charge >= 0.3 is 6.03 Å². The van der Waals surface area contributed by atoms with Crippen molar-refractivity contribution in [2.75, 3.05) is 5.32 Å². The summed E-state index contributed by atoms with van der Waals surface area (Å²) in [5.41, 5.74) is 5.40. The van der Waals surface area contributed by atoms with Crippen LogP contribution in [0, 0.1) is 12.7 Å². The molecule has 7 nitrogen and oxygen atoms in total. The van der Waals surface area contributed by atoms with Crippen LogP contribution >= 0.6 is 0 Å². The molecular formula is C31H34FN5O2. The highest BCUT2D eigenvalue weighted by Crippen LogP contribution is 2.42. The minimum atomic E-state index is -0.832. The van der Waals surface area contributed by atoms with Crippen molar-refractivity contribution in [3.8, 4) is 11.3 Å². The summed E-state index contributed by atoms with van der Waals surface area (Å²) < 4.78 is 14.1. The maximum absolute atomic E-state index is 14.1. The van der Waals surface area contributed by atoms with Crippen molar-refractivity contribution >= 4 is 29.8 Å². The van der Waals surface area contributed by atoms with E-state index < -0.39 is 23.6 Å². The second kappa shape index (κ2) is 11.3. The number of nitrogens with one attached hydrogen (secondary N) is 2. The van der Waals surface area contributed by atoms with Crippen LogP contribution in [0.25, 0.3) is 16.8 Å². The van der Waals surface area contributed by atoms with E-state index in [1.165, 1.54) is 12.1 Å². The molecule has 2 atom stereocenters. The monoisotopic (exact) mass is 527 g/mol. The molecule has 1 heterocycles. The number of fused-ring (bicyclic) bond motifs is 1. The zero-order valence-corrected chi connectivity index (χ0v) is 22.9. The molecule has 8 heteroatoms. The summed E-state index contributed by atoms with van der Waals surface area (Å²) in [6.45, 7) is 13.0. The fourth-order valence-corrected chi connectivity index (χ4v) is 5.03. The van der Waals surface area contributed by atoms with E-state index in [4.69, 9.17) is 4.98 Å². The summed E-state index contributed by atoms with van der Waals surface area (Å²) in [5.74, 6) is 0.198. The van der Waals surface area contributed by atoms with Gasteiger partial charge in [0.1, 0.15) is 11.7 Å². The van der Waals surface area contributed by atoms with Crippen LogP contribution in [0.3, 0.4) is 0 Å². The first-order valence-corrected chi connectivity index (χ1v) is 12.8. The Bertz CT molecular complexity index is 1460. The van der Waals surface area contributed by atoms with Gasteiger partial charge in [-0.1, -0.05) is 50.2 Å². The van der Waals surface area contributed by atoms with Crippen LogP contribution < -0.4 is 10.6 Å². The van der Waals surface area contributed by atoms with E-state index in [2.05, 4.69) is 27.3 Å². The Balaban J connectivity index is 1.68. The molecule has 1 unspecified atom stereocenters. The lowest BCUT2D eigenvalue weighted by Crippen LogP contribution is -2.45. The van der Waals surface area contributed by atoms with E-state index in [0.717, 1.165) is 28.0 Å². The third-order valence-electron chi connectivity index (χ3n) is 7.03. The number of aliphatic hydroxyl groups excluding tert-OH is 1. The van der Waals surface area contributed by atoms with E-state index in [1.807, 2.05) is 64.1 Å². The lowest BCUT2D eigenvalue weighted by atomic mass is 9.69. The molecule has 0 fully saturated rings. The first kappa shape index (κ1) is 27.9. The number of rotatable bonds is 5. The predicted molar refractivity (Wildman–Crippen MR) is 156 cm³/mol. The highest BCUT2D eigenvalue weighted by molar-refractivity contribution is 5.94. The van der Waals surface area contributed by atoms with Crippen LogP contribution in [0.15, 0.2) is 70.8 Å². The smallest absolute Gasteiger partial charge is 0.319 e. The fourth-order valence-electron chi connectivity index (χ4n) is 5.03. The average Bonchev–Trinajstić information content (AvgIpc) is 2.90. The molecule has 1 aliphatic rings. The molecule has 1 aromatic heterocycles. The van der Waals surface area contributed by atoms with Gasteiger partial charge in [0.15, 0.2) is 0 Å². The molecule has 0 aliphatic heterocycles. The predicted octanol–water partition coefficient (Wildman–Crippen LogP) is 6.58. The van der Waals surface area contributed by atoms with Crippen LogP contribution in [-0.4, -0.2) is 34.8 Å². The summed E-state index contributed by atoms with van der Waals surface area (Å²) >= 11 is 0. The molecule has 0 spiro atoms. The van der Waals surface area contributed by atoms with Crippen molar-refractivity contribution in [3.63, 3.8) is 0 Å². The molecule has 4 rings (SSSR count). The van der Waals surface area contributed by atoms with Gasteiger partial charge in [0.25, 0.3) is 0 Å². The Labute approximate surface area is 228 Å². The molecule has 3 aromatic rings. The number of nitrogens with zero attached hydrogens (tertiary/aromatic N) is 3. The number of aliphatic imine (C=N–C) groups is 2. The Morgan fingerprint density at radius 3 is 2.59 bits per heavy atom. The van der Waals surface area contributed by atoms with Gasteiger partial charge in [-0.2, -0.15) is 0 Å². The molecule has 0 saturated heterocycles. The number of aromatic nitrogens is 1. The fraction of sp³-hybridized carbons (Fsp3) is 0.290. The van der Waals surface area contributed by atoms with Gasteiger partial charge in [0.05, 0.1) is 29.2 Å². The van der Waals surface area contributed by atoms with Crippen LogP contribution in [0.1, 0.15) is 62.5 Å². The number of carbonyl (C=O) groups is 1. The minimum absolute atomic E-state index is 0.346. The largest absolute Gasteiger partial charge is 0.391 e. The highest BCUT2D eigenvalue weighted by Gasteiger charge is 2.39. The summed E-state index contributed by atoms with van der Waals surface area (Å²) in [7, 11) is 0. The van der Waals surface area contributed by atoms with Crippen LogP contribution in [0.5, 0.6) is 0 Å². The second-order valence-electron chi connectivity index (χ2n) is 10.5. The number of hydrogen-bond acceptors (Lipinski definition) is 4. The number of halogens is 1. The van der Waals surface area contributed by atoms with Crippen molar-refractivity contribution < 1.29 is 14.3 Å². The number of urea groups is 1. The lowest BCUT2D eigenvalue weighted by molar-refractivity contribution is 0.0881. The average molecular weight is 528 g/mol. The summed E-state index contributed by atoms with van der Waals surface area (Å²) in [6, 6.07) is 14.7. The highest BCUT2D eigenvalue weighted by atomic mass is 19.1. The number of aliphatic hydroxyl groups is 1. The SMILES string of the molecule is C=N/C(C)=N\C=C(/C)c1nc(-c2ccccc2)c(NC(=O)NC2c3ccc(F)cc3C(C)(C)C[C@H]2O)cc1C. The number of allylic oxidation sites excluding steroid dienone is 1. The number of amidine groups is 1. The molecule has 0 radical (unpaired) electrons. The Morgan fingerprint density at radius 1 is 1.18 bits per heavy atom. The number of benzene rings is 2. The molecule has 0 saturated carbocycles. The van der Waals surface area contributed by atoms with Crippen molar-refractivity contribution in [2.45, 2.75) is 58.6 Å². The molecule has 3 N–H and O–H groups in total. The lowest BCUT2D eigenvalue weighted by Gasteiger charge is -2.40. The van der Waals surface area contributed by atoms with Crippen LogP contribution in [0.2, 0.25) is 0 Å². The Morgan fingerprint density at radius 2 is 1.90 bits per heavy atom. The zero-order valence-electron chi connectivity index (χ0n) is 22.9. The molecule has 39 heavy (non-hydrogen) atoms. The van der Waals surface area contributed by atoms with Crippen molar-refractivity contribution in [1.29, 1.82) is 0 Å². The molecule has 202 valence electrons. The van der Waals surface area contributed by atoms with E-state index in [0.29, 0.717) is 29.2 Å². The van der Waals surface area contributed by atoms with Crippen molar-refractivity contribution in [3.05, 3.63) is 89.0 Å². The van der Waals surface area contributed by atoms with Crippen LogP contribution in [0.4, 0.5) is 14.9 Å². The number of carbonyl (C=O) groups excluding carboxylic acids is 1. The number of pyridine rings is 1. The quantitative estimate of drug-likeness (QED) is 0.258. The number of amides is 2. The summed E-state index contributed by atoms with van der Waals surface area (Å²) in [6.07, 6.45) is 1.25. The van der Waals surface area contributed by atoms with Gasteiger partial charge in [-0.25, -0.2) is 24.2 Å². The first-order chi connectivity index (χ1) is 18.5. The van der Waals surface area contributed by atoms with Gasteiger partial charge in [-0.15, -0.1) is 0 Å². The molecular weight excluding hydrogens is 493 g/mol. The molecule has 1 aliphatic carbocycles. The summed E-state index contributed by atoms with van der Waals surface area (Å²) in [5, 5.41) is 16.8. The normalized spacial score (nSPS) is 18.7. The van der Waals surface area contributed by atoms with Crippen molar-refractivity contribution in [2.24, 2.45) is 9.98 Å². The second-order valence-corrected chi connectivity index (χ2v) is 10.5. The van der Waals surface area contributed by atoms with E-state index >= 15 is 0 Å². The first-order valence-electron chi connectivity index (χ1n) is 12.8. The number of hydrogen-bond donors (Lipinski definition) is 3. The zero-order chi connectivity index (χ0) is 28.3. The third-order valence-corrected chi connectivity index (χ3v) is 7.03. The van der Waals surface area contributed by atoms with Gasteiger partial charge in [0, 0.05) is 11.8 Å². The number of anilines is 1. The van der Waals surface area contributed by atoms with Gasteiger partial charge < -0.3 is 15.7 Å². The standard InChI is InChI=1S/C31H34FN5O2/c1-18-14-25(28(21-10-8-7-9-11-21)36-27(18)19(2)17-34-20(3)33-6)35-30(39)37-29-23-13-12-22(32)15-24(23)31(4,5)16-26(29)38/h7-15,17,26,29,38H,6,16H2,1-5H3,(H2,35,37,39)/b19-17+,34-20-/t26-,29?/m1/s1. The molecule has 0 bridgehead atoms. The van der Waals surface area contributed by atoms with Crippen molar-refractivity contribution in [1.82, 2.24) is 10.3 Å². The van der Waals surface area contributed by atoms with Gasteiger partial charge in [-0.3, -0.25) is 0 Å². The van der Waals surface area contributed by atoms with E-state index in [9.17, 15) is 14.3 Å². The van der Waals surface area contributed by atoms with Gasteiger partial charge in [-0.05, 0) is 79.8 Å². The maximum Gasteiger partial charge on any atom is 0.319 e. The maximum atomic E-state index is 14.1. The van der Waals surface area contributed by atoms with Crippen LogP contribution in [-0.2, 0) is 5.41 Å². The topological polar surface area (TPSA) is 99.0 Å². The molecule has 2 aromatic carbocycles.